The fourth-order valence-corrected chi connectivity index (χ4v) is 1.94. The van der Waals surface area contributed by atoms with Crippen LogP contribution in [0.25, 0.3) is 0 Å². The van der Waals surface area contributed by atoms with E-state index in [1.165, 1.54) is 12.1 Å². The molecule has 2 atom stereocenters. The normalized spacial score (nSPS) is 14.5. The molecule has 110 valence electrons. The molecule has 1 unspecified atom stereocenters. The average Bonchev–Trinajstić information content (AvgIpc) is 2.27. The predicted molar refractivity (Wildman–Crippen MR) is 74.5 cm³/mol. The van der Waals surface area contributed by atoms with Crippen molar-refractivity contribution in [3.8, 4) is 5.75 Å². The highest BCUT2D eigenvalue weighted by atomic mass is 79.9. The molecule has 0 amide bonds. The van der Waals surface area contributed by atoms with Crippen molar-refractivity contribution in [3.63, 3.8) is 0 Å². The Kier molecular flexibility index (Phi) is 7.18. The van der Waals surface area contributed by atoms with E-state index in [4.69, 9.17) is 5.73 Å². The van der Waals surface area contributed by atoms with Crippen molar-refractivity contribution in [1.82, 2.24) is 0 Å². The van der Waals surface area contributed by atoms with Crippen LogP contribution < -0.4 is 10.5 Å². The van der Waals surface area contributed by atoms with Crippen molar-refractivity contribution in [1.29, 1.82) is 0 Å². The van der Waals surface area contributed by atoms with Crippen LogP contribution in [0.5, 0.6) is 5.75 Å². The highest BCUT2D eigenvalue weighted by Crippen LogP contribution is 2.35. The molecular formula is C12H16BrClF3NO. The van der Waals surface area contributed by atoms with Crippen LogP contribution in [0.2, 0.25) is 0 Å². The number of hydrogen-bond donors (Lipinski definition) is 1. The van der Waals surface area contributed by atoms with Gasteiger partial charge in [-0.2, -0.15) is 0 Å². The highest BCUT2D eigenvalue weighted by molar-refractivity contribution is 9.10. The Morgan fingerprint density at radius 1 is 1.37 bits per heavy atom. The van der Waals surface area contributed by atoms with Gasteiger partial charge in [-0.3, -0.25) is 0 Å². The van der Waals surface area contributed by atoms with Gasteiger partial charge in [-0.1, -0.05) is 36.2 Å². The molecule has 0 fully saturated rings. The molecule has 0 radical (unpaired) electrons. The molecule has 19 heavy (non-hydrogen) atoms. The van der Waals surface area contributed by atoms with E-state index in [0.717, 1.165) is 6.42 Å². The van der Waals surface area contributed by atoms with Gasteiger partial charge in [0.25, 0.3) is 0 Å². The van der Waals surface area contributed by atoms with Gasteiger partial charge in [0.15, 0.2) is 0 Å². The molecule has 1 rings (SSSR count). The van der Waals surface area contributed by atoms with Gasteiger partial charge in [0, 0.05) is 16.1 Å². The smallest absolute Gasteiger partial charge is 0.405 e. The van der Waals surface area contributed by atoms with Crippen molar-refractivity contribution >= 4 is 28.3 Å². The summed E-state index contributed by atoms with van der Waals surface area (Å²) >= 11 is 3.22. The summed E-state index contributed by atoms with van der Waals surface area (Å²) in [5, 5.41) is 0. The Morgan fingerprint density at radius 2 is 1.95 bits per heavy atom. The largest absolute Gasteiger partial charge is 0.573 e. The van der Waals surface area contributed by atoms with Crippen LogP contribution in [0.1, 0.15) is 31.9 Å². The third kappa shape index (κ3) is 5.58. The highest BCUT2D eigenvalue weighted by Gasteiger charge is 2.33. The maximum atomic E-state index is 12.3. The van der Waals surface area contributed by atoms with E-state index in [2.05, 4.69) is 20.7 Å². The number of hydrogen-bond acceptors (Lipinski definition) is 2. The minimum atomic E-state index is -4.71. The quantitative estimate of drug-likeness (QED) is 0.834. The van der Waals surface area contributed by atoms with Crippen LogP contribution >= 0.6 is 28.3 Å². The average molecular weight is 363 g/mol. The molecule has 0 aliphatic carbocycles. The van der Waals surface area contributed by atoms with Gasteiger partial charge in [0.1, 0.15) is 5.75 Å². The van der Waals surface area contributed by atoms with Gasteiger partial charge in [0.05, 0.1) is 0 Å². The molecular weight excluding hydrogens is 346 g/mol. The first-order valence-electron chi connectivity index (χ1n) is 5.55. The standard InChI is InChI=1S/C12H15BrF3NO.ClH/c1-3-7(2)11(17)9-6-8(13)4-5-10(9)18-12(14,15)16;/h4-7,11H,3,17H2,1-2H3;1H/t7?,11-;/m0./s1. The van der Waals surface area contributed by atoms with Crippen LogP contribution in [0, 0.1) is 5.92 Å². The Labute approximate surface area is 125 Å². The molecule has 0 saturated heterocycles. The zero-order chi connectivity index (χ0) is 13.9. The maximum Gasteiger partial charge on any atom is 0.573 e. The Balaban J connectivity index is 0.00000324. The van der Waals surface area contributed by atoms with E-state index in [0.29, 0.717) is 10.0 Å². The number of halogens is 5. The first-order valence-corrected chi connectivity index (χ1v) is 6.34. The lowest BCUT2D eigenvalue weighted by atomic mass is 9.93. The van der Waals surface area contributed by atoms with E-state index in [-0.39, 0.29) is 24.1 Å². The summed E-state index contributed by atoms with van der Waals surface area (Å²) < 4.78 is 41.6. The molecule has 7 heteroatoms. The van der Waals surface area contributed by atoms with Gasteiger partial charge >= 0.3 is 6.36 Å². The van der Waals surface area contributed by atoms with Gasteiger partial charge in [-0.05, 0) is 24.1 Å². The summed E-state index contributed by atoms with van der Waals surface area (Å²) in [5.74, 6) is -0.173. The molecule has 2 N–H and O–H groups in total. The van der Waals surface area contributed by atoms with Crippen LogP contribution in [0.15, 0.2) is 22.7 Å². The number of alkyl halides is 3. The topological polar surface area (TPSA) is 35.2 Å². The van der Waals surface area contributed by atoms with Gasteiger partial charge in [0.2, 0.25) is 0 Å². The first-order chi connectivity index (χ1) is 8.24. The third-order valence-corrected chi connectivity index (χ3v) is 3.31. The summed E-state index contributed by atoms with van der Waals surface area (Å²) in [4.78, 5) is 0. The van der Waals surface area contributed by atoms with Crippen molar-refractivity contribution in [2.45, 2.75) is 32.7 Å². The molecule has 2 nitrogen and oxygen atoms in total. The fourth-order valence-electron chi connectivity index (χ4n) is 1.56. The van der Waals surface area contributed by atoms with Crippen molar-refractivity contribution in [2.75, 3.05) is 0 Å². The van der Waals surface area contributed by atoms with Crippen LogP contribution in [0.3, 0.4) is 0 Å². The summed E-state index contributed by atoms with van der Waals surface area (Å²) in [6.45, 7) is 3.83. The van der Waals surface area contributed by atoms with Crippen LogP contribution in [-0.2, 0) is 0 Å². The van der Waals surface area contributed by atoms with E-state index in [1.54, 1.807) is 6.07 Å². The minimum absolute atomic E-state index is 0. The van der Waals surface area contributed by atoms with Gasteiger partial charge in [-0.25, -0.2) is 0 Å². The zero-order valence-corrected chi connectivity index (χ0v) is 12.9. The van der Waals surface area contributed by atoms with Crippen LogP contribution in [0.4, 0.5) is 13.2 Å². The second-order valence-electron chi connectivity index (χ2n) is 4.14. The Morgan fingerprint density at radius 3 is 2.42 bits per heavy atom. The van der Waals surface area contributed by atoms with E-state index in [1.807, 2.05) is 13.8 Å². The molecule has 1 aromatic rings. The zero-order valence-electron chi connectivity index (χ0n) is 10.5. The maximum absolute atomic E-state index is 12.3. The Bertz CT molecular complexity index is 414. The lowest BCUT2D eigenvalue weighted by Crippen LogP contribution is -2.23. The van der Waals surface area contributed by atoms with Crippen molar-refractivity contribution in [2.24, 2.45) is 11.7 Å². The molecule has 0 aromatic heterocycles. The third-order valence-electron chi connectivity index (χ3n) is 2.81. The number of rotatable bonds is 4. The van der Waals surface area contributed by atoms with E-state index < -0.39 is 12.4 Å². The molecule has 0 aliphatic rings. The summed E-state index contributed by atoms with van der Waals surface area (Å²) in [5.41, 5.74) is 6.33. The lowest BCUT2D eigenvalue weighted by molar-refractivity contribution is -0.275. The molecule has 1 aromatic carbocycles. The number of ether oxygens (including phenoxy) is 1. The fraction of sp³-hybridized carbons (Fsp3) is 0.500. The molecule has 0 aliphatic heterocycles. The van der Waals surface area contributed by atoms with Crippen molar-refractivity contribution < 1.29 is 17.9 Å². The van der Waals surface area contributed by atoms with Gasteiger partial charge < -0.3 is 10.5 Å². The predicted octanol–water partition coefficient (Wildman–Crippen LogP) is 4.82. The lowest BCUT2D eigenvalue weighted by Gasteiger charge is -2.22. The summed E-state index contributed by atoms with van der Waals surface area (Å²) in [6.07, 6.45) is -3.93. The molecule has 0 bridgehead atoms. The molecule has 0 saturated carbocycles. The second kappa shape index (κ2) is 7.36. The Hall–Kier alpha value is -0.460. The molecule has 0 heterocycles. The molecule has 0 spiro atoms. The number of benzene rings is 1. The minimum Gasteiger partial charge on any atom is -0.405 e. The first kappa shape index (κ1) is 18.5. The van der Waals surface area contributed by atoms with Crippen LogP contribution in [-0.4, -0.2) is 6.36 Å². The van der Waals surface area contributed by atoms with Crippen molar-refractivity contribution in [3.05, 3.63) is 28.2 Å². The summed E-state index contributed by atoms with van der Waals surface area (Å²) in [6, 6.07) is 3.84. The monoisotopic (exact) mass is 361 g/mol. The van der Waals surface area contributed by atoms with E-state index in [9.17, 15) is 13.2 Å². The SMILES string of the molecule is CCC(C)[C@H](N)c1cc(Br)ccc1OC(F)(F)F.Cl. The second-order valence-corrected chi connectivity index (χ2v) is 5.06. The van der Waals surface area contributed by atoms with E-state index >= 15 is 0 Å². The number of nitrogens with two attached hydrogens (primary N) is 1. The summed E-state index contributed by atoms with van der Waals surface area (Å²) in [7, 11) is 0. The van der Waals surface area contributed by atoms with Gasteiger partial charge in [-0.15, -0.1) is 25.6 Å².